The maximum Gasteiger partial charge on any atom is 0.164 e. The summed E-state index contributed by atoms with van der Waals surface area (Å²) in [6, 6.07) is 176. The Balaban J connectivity index is 0.000000115. The summed E-state index contributed by atoms with van der Waals surface area (Å²) in [5, 5.41) is 0. The Morgan fingerprint density at radius 3 is 0.475 bits per heavy atom. The number of rotatable bonds is 17. The van der Waals surface area contributed by atoms with Crippen molar-refractivity contribution in [1.82, 2.24) is 44.9 Å². The van der Waals surface area contributed by atoms with E-state index in [1.807, 2.05) is 84.9 Å². The van der Waals surface area contributed by atoms with Gasteiger partial charge in [0.05, 0.1) is 0 Å². The van der Waals surface area contributed by atoms with Gasteiger partial charge in [-0.25, -0.2) is 44.9 Å². The quantitative estimate of drug-likeness (QED) is 0.0879. The van der Waals surface area contributed by atoms with Gasteiger partial charge in [0.1, 0.15) is 0 Å². The lowest BCUT2D eigenvalue weighted by Crippen LogP contribution is -2.02. The Labute approximate surface area is 820 Å². The van der Waals surface area contributed by atoms with Gasteiger partial charge in [-0.2, -0.15) is 0 Å². The first-order valence-electron chi connectivity index (χ1n) is 47.9. The predicted molar refractivity (Wildman–Crippen MR) is 577 cm³/mol. The zero-order valence-corrected chi connectivity index (χ0v) is 77.1. The number of nitrogens with zero attached hydrogens (tertiary/aromatic N) is 9. The molecule has 20 aromatic carbocycles. The van der Waals surface area contributed by atoms with Crippen LogP contribution in [0.2, 0.25) is 0 Å². The third-order valence-corrected chi connectivity index (χ3v) is 27.1. The van der Waals surface area contributed by atoms with Gasteiger partial charge in [0.15, 0.2) is 52.4 Å². The number of hydrogen-bond acceptors (Lipinski definition) is 9. The zero-order valence-electron chi connectivity index (χ0n) is 77.1. The minimum absolute atomic E-state index is 0.661. The molecule has 662 valence electrons. The molecule has 0 spiro atoms. The van der Waals surface area contributed by atoms with Crippen LogP contribution in [0.3, 0.4) is 0 Å². The van der Waals surface area contributed by atoms with Gasteiger partial charge >= 0.3 is 0 Å². The van der Waals surface area contributed by atoms with Crippen molar-refractivity contribution < 1.29 is 0 Å². The van der Waals surface area contributed by atoms with Gasteiger partial charge in [-0.1, -0.05) is 497 Å². The van der Waals surface area contributed by atoms with E-state index >= 15 is 0 Å². The molecule has 26 rings (SSSR count). The molecule has 3 aliphatic rings. The van der Waals surface area contributed by atoms with Gasteiger partial charge in [-0.3, -0.25) is 0 Å². The summed E-state index contributed by atoms with van der Waals surface area (Å²) < 4.78 is 0. The Kier molecular flexibility index (Phi) is 23.2. The molecule has 9 heteroatoms. The van der Waals surface area contributed by atoms with E-state index in [1.54, 1.807) is 0 Å². The maximum atomic E-state index is 5.17. The molecule has 3 aliphatic carbocycles. The smallest absolute Gasteiger partial charge is 0.164 e. The highest BCUT2D eigenvalue weighted by Gasteiger charge is 2.31. The molecule has 0 N–H and O–H groups in total. The van der Waals surface area contributed by atoms with Crippen molar-refractivity contribution in [2.45, 2.75) is 19.3 Å². The number of benzene rings is 20. The molecule has 0 fully saturated rings. The van der Waals surface area contributed by atoms with Crippen LogP contribution in [0.15, 0.2) is 504 Å². The van der Waals surface area contributed by atoms with Gasteiger partial charge in [0.2, 0.25) is 0 Å². The van der Waals surface area contributed by atoms with Crippen molar-refractivity contribution in [3.05, 3.63) is 537 Å². The van der Waals surface area contributed by atoms with Crippen LogP contribution in [0.4, 0.5) is 0 Å². The summed E-state index contributed by atoms with van der Waals surface area (Å²) in [6.45, 7) is 0. The molecule has 23 aromatic rings. The second-order valence-electron chi connectivity index (χ2n) is 35.6. The lowest BCUT2D eigenvalue weighted by atomic mass is 9.94. The van der Waals surface area contributed by atoms with E-state index in [2.05, 4.69) is 419 Å². The van der Waals surface area contributed by atoms with Crippen molar-refractivity contribution in [1.29, 1.82) is 0 Å². The van der Waals surface area contributed by atoms with Crippen LogP contribution in [0.5, 0.6) is 0 Å². The second kappa shape index (κ2) is 38.3. The Morgan fingerprint density at radius 2 is 0.234 bits per heavy atom. The molecule has 0 radical (unpaired) electrons. The third-order valence-electron chi connectivity index (χ3n) is 27.1. The van der Waals surface area contributed by atoms with Crippen LogP contribution < -0.4 is 0 Å². The summed E-state index contributed by atoms with van der Waals surface area (Å²) in [7, 11) is 0. The molecular weight excluding hydrogens is 1710 g/mol. The zero-order chi connectivity index (χ0) is 93.7. The molecule has 0 amide bonds. The fraction of sp³-hybridized carbons (Fsp3) is 0.0227. The molecule has 0 aliphatic heterocycles. The van der Waals surface area contributed by atoms with Gasteiger partial charge in [-0.05, 0) is 162 Å². The third kappa shape index (κ3) is 17.4. The summed E-state index contributed by atoms with van der Waals surface area (Å²) in [4.78, 5) is 45.5. The maximum absolute atomic E-state index is 5.17. The van der Waals surface area contributed by atoms with Gasteiger partial charge < -0.3 is 0 Å². The fourth-order valence-corrected chi connectivity index (χ4v) is 20.1. The van der Waals surface area contributed by atoms with Gasteiger partial charge in [0, 0.05) is 69.3 Å². The fourth-order valence-electron chi connectivity index (χ4n) is 20.1. The Hall–Kier alpha value is -18.6. The first kappa shape index (κ1) is 85.4. The summed E-state index contributed by atoms with van der Waals surface area (Å²) >= 11 is 0. The SMILES string of the molecule is c1ccc(-c2ccc(-c3cccc4c3Cc3c(-c5nc(-c6ccccc6)nc(-c6cccc(-c7ccccc7)c6)n5)cccc3-4)cc2)cc1.c1ccc(-c2ccc(-c3cccc4c3Cc3c(-c5nc(-c6ccccc6)nc(-c6ccccc6)n5)cccc3-4)cc2)cc1.c1ccc(-c2ccc(-c3nc(-c4ccccc4)nc(-c4cccc5c4Cc4c(-c6ccc(-c7ccccc7)cc6)cccc4-5)n3)cc2)cc1. The highest BCUT2D eigenvalue weighted by Crippen LogP contribution is 2.50. The highest BCUT2D eigenvalue weighted by atomic mass is 15.1. The van der Waals surface area contributed by atoms with Crippen LogP contribution in [0.1, 0.15) is 33.4 Å². The monoisotopic (exact) mass is 1800 g/mol. The first-order valence-corrected chi connectivity index (χ1v) is 47.9. The Morgan fingerprint density at radius 1 is 0.0922 bits per heavy atom. The van der Waals surface area contributed by atoms with Crippen LogP contribution in [-0.4, -0.2) is 44.9 Å². The van der Waals surface area contributed by atoms with Gasteiger partial charge in [0.25, 0.3) is 0 Å². The molecule has 0 unspecified atom stereocenters. The standard InChI is InChI=1S/2C46H31N3.C40H27N3/c1-4-13-31(14-5-1)33-25-27-34(28-26-33)38-21-11-22-39-40-23-12-24-41(43(40)30-42(38)39)46-48-44(35-17-8-3-9-18-35)47-45(49-46)37-20-10-19-36(29-37)32-15-6-2-7-16-32;1-4-12-31(13-5-1)33-22-26-35(27-23-33)38-18-10-19-39-40-20-11-21-41(43(40)30-42(38)39)46-48-44(36-16-8-3-9-17-36)47-45(49-46)37-28-24-34(25-29-37)32-14-6-2-7-15-32;1-4-12-27(13-5-1)28-22-24-29(25-23-28)32-18-10-19-33-34-20-11-21-35(37(34)26-36(32)33)40-42-38(30-14-6-2-7-15-30)41-39(43-40)31-16-8-3-9-17-31/h2*1-29H,30H2;1-25H,26H2. The highest BCUT2D eigenvalue weighted by molar-refractivity contribution is 5.94. The van der Waals surface area contributed by atoms with E-state index in [0.29, 0.717) is 52.4 Å². The second-order valence-corrected chi connectivity index (χ2v) is 35.6. The first-order chi connectivity index (χ1) is 69.9. The van der Waals surface area contributed by atoms with Crippen LogP contribution in [-0.2, 0) is 19.3 Å². The average molecular weight is 1800 g/mol. The molecular formula is C132H89N9. The van der Waals surface area contributed by atoms with Crippen molar-refractivity contribution in [2.24, 2.45) is 0 Å². The normalized spacial score (nSPS) is 11.6. The molecule has 141 heavy (non-hydrogen) atoms. The van der Waals surface area contributed by atoms with E-state index in [1.165, 1.54) is 139 Å². The Bertz CT molecular complexity index is 8460. The lowest BCUT2D eigenvalue weighted by molar-refractivity contribution is 1.07. The van der Waals surface area contributed by atoms with E-state index < -0.39 is 0 Å². The molecule has 0 saturated carbocycles. The number of hydrogen-bond donors (Lipinski definition) is 0. The van der Waals surface area contributed by atoms with E-state index in [-0.39, 0.29) is 0 Å². The van der Waals surface area contributed by atoms with Crippen molar-refractivity contribution in [3.8, 4) is 225 Å². The topological polar surface area (TPSA) is 116 Å². The molecule has 3 aromatic heterocycles. The van der Waals surface area contributed by atoms with Crippen LogP contribution in [0, 0.1) is 0 Å². The van der Waals surface area contributed by atoms with Crippen LogP contribution in [0.25, 0.3) is 225 Å². The molecule has 0 bridgehead atoms. The van der Waals surface area contributed by atoms with Gasteiger partial charge in [-0.15, -0.1) is 0 Å². The average Bonchev–Trinajstić information content (AvgIpc) is 1.60. The van der Waals surface area contributed by atoms with Crippen molar-refractivity contribution in [3.63, 3.8) is 0 Å². The molecule has 0 saturated heterocycles. The molecule has 9 nitrogen and oxygen atoms in total. The van der Waals surface area contributed by atoms with E-state index in [0.717, 1.165) is 86.0 Å². The summed E-state index contributed by atoms with van der Waals surface area (Å²) in [6.07, 6.45) is 2.44. The number of aromatic nitrogens is 9. The van der Waals surface area contributed by atoms with E-state index in [4.69, 9.17) is 44.9 Å². The van der Waals surface area contributed by atoms with Crippen molar-refractivity contribution >= 4 is 0 Å². The lowest BCUT2D eigenvalue weighted by Gasteiger charge is -2.12. The minimum atomic E-state index is 0.661. The summed E-state index contributed by atoms with van der Waals surface area (Å²) in [5.74, 6) is 6.09. The largest absolute Gasteiger partial charge is 0.208 e. The minimum Gasteiger partial charge on any atom is -0.208 e. The molecule has 0 atom stereocenters. The number of fused-ring (bicyclic) bond motifs is 9. The predicted octanol–water partition coefficient (Wildman–Crippen LogP) is 32.7. The van der Waals surface area contributed by atoms with Crippen molar-refractivity contribution in [2.75, 3.05) is 0 Å². The van der Waals surface area contributed by atoms with Crippen LogP contribution >= 0.6 is 0 Å². The summed E-state index contributed by atoms with van der Waals surface area (Å²) in [5.41, 5.74) is 43.7. The molecule has 3 heterocycles. The van der Waals surface area contributed by atoms with E-state index in [9.17, 15) is 0 Å².